The Kier molecular flexibility index (Phi) is 4.83. The van der Waals surface area contributed by atoms with E-state index in [4.69, 9.17) is 0 Å². The summed E-state index contributed by atoms with van der Waals surface area (Å²) in [5.41, 5.74) is 2.63. The van der Waals surface area contributed by atoms with Crippen LogP contribution in [0.4, 0.5) is 5.69 Å². The Balaban J connectivity index is 2.08. The van der Waals surface area contributed by atoms with E-state index < -0.39 is 0 Å². The molecule has 0 saturated carbocycles. The van der Waals surface area contributed by atoms with Gasteiger partial charge < -0.3 is 15.5 Å². The summed E-state index contributed by atoms with van der Waals surface area (Å²) in [6.07, 6.45) is 1.20. The minimum Gasteiger partial charge on any atom is -0.385 e. The van der Waals surface area contributed by atoms with Gasteiger partial charge in [-0.1, -0.05) is 6.07 Å². The zero-order valence-electron chi connectivity index (χ0n) is 12.9. The quantitative estimate of drug-likeness (QED) is 0.888. The van der Waals surface area contributed by atoms with E-state index in [1.807, 2.05) is 32.0 Å². The van der Waals surface area contributed by atoms with Gasteiger partial charge in [0.1, 0.15) is 0 Å². The van der Waals surface area contributed by atoms with Crippen molar-refractivity contribution in [3.05, 3.63) is 29.3 Å². The van der Waals surface area contributed by atoms with E-state index in [0.29, 0.717) is 24.9 Å². The van der Waals surface area contributed by atoms with Gasteiger partial charge in [0.15, 0.2) is 0 Å². The molecule has 1 aromatic rings. The van der Waals surface area contributed by atoms with Gasteiger partial charge >= 0.3 is 0 Å². The van der Waals surface area contributed by atoms with Crippen molar-refractivity contribution in [1.29, 1.82) is 0 Å². The van der Waals surface area contributed by atoms with Crippen molar-refractivity contribution in [3.8, 4) is 0 Å². The highest BCUT2D eigenvalue weighted by Gasteiger charge is 2.24. The second-order valence-electron chi connectivity index (χ2n) is 5.56. The molecule has 5 nitrogen and oxygen atoms in total. The number of likely N-dealkylation sites (N-methyl/N-ethyl adjacent to an activating group) is 1. The van der Waals surface area contributed by atoms with Crippen LogP contribution < -0.4 is 10.6 Å². The zero-order chi connectivity index (χ0) is 15.4. The Hall–Kier alpha value is -2.04. The number of amides is 2. The molecule has 2 amide bonds. The van der Waals surface area contributed by atoms with Crippen LogP contribution in [0.15, 0.2) is 18.2 Å². The summed E-state index contributed by atoms with van der Waals surface area (Å²) in [4.78, 5) is 25.6. The lowest BCUT2D eigenvalue weighted by Gasteiger charge is -2.30. The van der Waals surface area contributed by atoms with Crippen molar-refractivity contribution < 1.29 is 9.59 Å². The summed E-state index contributed by atoms with van der Waals surface area (Å²) < 4.78 is 0. The number of hydrogen-bond acceptors (Lipinski definition) is 3. The van der Waals surface area contributed by atoms with Crippen LogP contribution in [-0.2, 0) is 4.79 Å². The summed E-state index contributed by atoms with van der Waals surface area (Å²) in [5, 5.41) is 6.26. The first kappa shape index (κ1) is 15.4. The maximum absolute atomic E-state index is 12.5. The molecule has 0 aromatic heterocycles. The molecule has 0 bridgehead atoms. The highest BCUT2D eigenvalue weighted by Crippen LogP contribution is 2.18. The molecule has 1 unspecified atom stereocenters. The van der Waals surface area contributed by atoms with Gasteiger partial charge in [0.2, 0.25) is 5.91 Å². The van der Waals surface area contributed by atoms with E-state index in [0.717, 1.165) is 17.8 Å². The van der Waals surface area contributed by atoms with Crippen LogP contribution >= 0.6 is 0 Å². The smallest absolute Gasteiger partial charge is 0.253 e. The van der Waals surface area contributed by atoms with E-state index >= 15 is 0 Å². The third-order valence-electron chi connectivity index (χ3n) is 3.75. The molecule has 114 valence electrons. The van der Waals surface area contributed by atoms with Crippen molar-refractivity contribution in [2.75, 3.05) is 25.5 Å². The predicted octanol–water partition coefficient (Wildman–Crippen LogP) is 1.78. The third kappa shape index (κ3) is 3.74. The highest BCUT2D eigenvalue weighted by atomic mass is 16.2. The number of anilines is 1. The Labute approximate surface area is 125 Å². The first-order chi connectivity index (χ1) is 10.0. The molecule has 2 N–H and O–H groups in total. The van der Waals surface area contributed by atoms with Crippen molar-refractivity contribution in [2.24, 2.45) is 0 Å². The highest BCUT2D eigenvalue weighted by molar-refractivity contribution is 6.00. The number of likely N-dealkylation sites (tertiary alicyclic amines) is 1. The van der Waals surface area contributed by atoms with E-state index in [-0.39, 0.29) is 17.9 Å². The fourth-order valence-corrected chi connectivity index (χ4v) is 2.59. The minimum atomic E-state index is -0.0845. The second kappa shape index (κ2) is 6.61. The molecule has 1 fully saturated rings. The number of piperidine rings is 1. The topological polar surface area (TPSA) is 61.4 Å². The Morgan fingerprint density at radius 1 is 1.43 bits per heavy atom. The maximum Gasteiger partial charge on any atom is 0.253 e. The van der Waals surface area contributed by atoms with Gasteiger partial charge in [-0.15, -0.1) is 0 Å². The number of benzene rings is 1. The first-order valence-electron chi connectivity index (χ1n) is 7.40. The molecule has 0 spiro atoms. The Morgan fingerprint density at radius 2 is 2.19 bits per heavy atom. The van der Waals surface area contributed by atoms with Gasteiger partial charge in [0.05, 0.1) is 5.56 Å². The summed E-state index contributed by atoms with van der Waals surface area (Å²) in [6, 6.07) is 5.79. The number of carbonyl (C=O) groups excluding carboxylic acids is 2. The van der Waals surface area contributed by atoms with Crippen molar-refractivity contribution in [1.82, 2.24) is 10.2 Å². The summed E-state index contributed by atoms with van der Waals surface area (Å²) in [7, 11) is 1.77. The lowest BCUT2D eigenvalue weighted by Crippen LogP contribution is -2.48. The molecule has 1 aliphatic rings. The number of carbonyl (C=O) groups is 2. The number of rotatable bonds is 4. The molecular formula is C16H23N3O2. The van der Waals surface area contributed by atoms with Crippen molar-refractivity contribution in [3.63, 3.8) is 0 Å². The molecule has 1 aromatic carbocycles. The third-order valence-corrected chi connectivity index (χ3v) is 3.75. The van der Waals surface area contributed by atoms with E-state index in [1.165, 1.54) is 0 Å². The lowest BCUT2D eigenvalue weighted by molar-refractivity contribution is -0.132. The molecule has 0 aliphatic carbocycles. The lowest BCUT2D eigenvalue weighted by atomic mass is 10.0. The van der Waals surface area contributed by atoms with E-state index in [2.05, 4.69) is 10.6 Å². The number of aryl methyl sites for hydroxylation is 1. The Bertz CT molecular complexity index is 542. The number of nitrogens with zero attached hydrogens (tertiary/aromatic N) is 1. The number of nitrogens with one attached hydrogen (secondary N) is 2. The molecule has 1 aliphatic heterocycles. The average Bonchev–Trinajstić information content (AvgIpc) is 2.43. The second-order valence-corrected chi connectivity index (χ2v) is 5.56. The SMILES string of the molecule is CCNc1cc(C)ccc1C(=O)NC1CCC(=O)N(C)C1. The van der Waals surface area contributed by atoms with Gasteiger partial charge in [0.25, 0.3) is 5.91 Å². The van der Waals surface area contributed by atoms with Gasteiger partial charge in [0, 0.05) is 38.3 Å². The normalized spacial score (nSPS) is 18.5. The average molecular weight is 289 g/mol. The van der Waals surface area contributed by atoms with E-state index in [1.54, 1.807) is 11.9 Å². The first-order valence-corrected chi connectivity index (χ1v) is 7.40. The van der Waals surface area contributed by atoms with Crippen LogP contribution in [0.3, 0.4) is 0 Å². The molecule has 5 heteroatoms. The largest absolute Gasteiger partial charge is 0.385 e. The Morgan fingerprint density at radius 3 is 2.86 bits per heavy atom. The van der Waals surface area contributed by atoms with Crippen LogP contribution in [0.2, 0.25) is 0 Å². The molecule has 1 heterocycles. The van der Waals surface area contributed by atoms with Gasteiger partial charge in [-0.3, -0.25) is 9.59 Å². The molecule has 2 rings (SSSR count). The number of hydrogen-bond donors (Lipinski definition) is 2. The van der Waals surface area contributed by atoms with Crippen LogP contribution in [0.5, 0.6) is 0 Å². The molecule has 1 saturated heterocycles. The van der Waals surface area contributed by atoms with Gasteiger partial charge in [-0.25, -0.2) is 0 Å². The van der Waals surface area contributed by atoms with E-state index in [9.17, 15) is 9.59 Å². The van der Waals surface area contributed by atoms with Crippen molar-refractivity contribution in [2.45, 2.75) is 32.7 Å². The molecule has 21 heavy (non-hydrogen) atoms. The van der Waals surface area contributed by atoms with Crippen LogP contribution in [0.25, 0.3) is 0 Å². The van der Waals surface area contributed by atoms with Crippen LogP contribution in [-0.4, -0.2) is 42.9 Å². The fourth-order valence-electron chi connectivity index (χ4n) is 2.59. The monoisotopic (exact) mass is 289 g/mol. The summed E-state index contributed by atoms with van der Waals surface area (Å²) in [5.74, 6) is 0.0582. The summed E-state index contributed by atoms with van der Waals surface area (Å²) >= 11 is 0. The van der Waals surface area contributed by atoms with Gasteiger partial charge in [-0.05, 0) is 38.0 Å². The molecular weight excluding hydrogens is 266 g/mol. The maximum atomic E-state index is 12.5. The summed E-state index contributed by atoms with van der Waals surface area (Å²) in [6.45, 7) is 5.35. The van der Waals surface area contributed by atoms with Crippen molar-refractivity contribution >= 4 is 17.5 Å². The predicted molar refractivity (Wildman–Crippen MR) is 83.5 cm³/mol. The standard InChI is InChI=1S/C16H23N3O2/c1-4-17-14-9-11(2)5-7-13(14)16(21)18-12-6-8-15(20)19(3)10-12/h5,7,9,12,17H,4,6,8,10H2,1-3H3,(H,18,21). The zero-order valence-corrected chi connectivity index (χ0v) is 12.9. The minimum absolute atomic E-state index is 0.0241. The fraction of sp³-hybridized carbons (Fsp3) is 0.500. The van der Waals surface area contributed by atoms with Gasteiger partial charge in [-0.2, -0.15) is 0 Å². The van der Waals surface area contributed by atoms with Crippen LogP contribution in [0, 0.1) is 6.92 Å². The van der Waals surface area contributed by atoms with Crippen LogP contribution in [0.1, 0.15) is 35.7 Å². The molecule has 0 radical (unpaired) electrons. The molecule has 1 atom stereocenters.